The molecule has 10 heteroatoms. The first-order valence-electron chi connectivity index (χ1n) is 5.82. The molecule has 1 aromatic heterocycles. The molecule has 1 aromatic rings. The van der Waals surface area contributed by atoms with E-state index in [0.717, 1.165) is 23.0 Å². The number of rotatable bonds is 5. The Morgan fingerprint density at radius 1 is 1.40 bits per heavy atom. The zero-order valence-electron chi connectivity index (χ0n) is 11.1. The van der Waals surface area contributed by atoms with Crippen LogP contribution in [0.1, 0.15) is 11.5 Å². The Kier molecular flexibility index (Phi) is 4.65. The Hall–Kier alpha value is -1.55. The highest BCUT2D eigenvalue weighted by atomic mass is 32.2. The van der Waals surface area contributed by atoms with Crippen LogP contribution >= 0.6 is 11.8 Å². The Balaban J connectivity index is 1.79. The van der Waals surface area contributed by atoms with Crippen molar-refractivity contribution < 1.29 is 12.9 Å². The number of hydrogen-bond acceptors (Lipinski definition) is 7. The number of aromatic nitrogens is 1. The molecule has 0 aliphatic carbocycles. The summed E-state index contributed by atoms with van der Waals surface area (Å²) in [5.74, 6) is 2.76. The van der Waals surface area contributed by atoms with Crippen molar-refractivity contribution in [2.24, 2.45) is 9.98 Å². The van der Waals surface area contributed by atoms with E-state index >= 15 is 0 Å². The first kappa shape index (κ1) is 14.9. The summed E-state index contributed by atoms with van der Waals surface area (Å²) in [6, 6.07) is 1.88. The van der Waals surface area contributed by atoms with Crippen LogP contribution in [0.2, 0.25) is 0 Å². The molecular weight excluding hydrogens is 302 g/mol. The van der Waals surface area contributed by atoms with Gasteiger partial charge in [-0.3, -0.25) is 9.98 Å². The molecule has 0 aromatic carbocycles. The van der Waals surface area contributed by atoms with Crippen molar-refractivity contribution >= 4 is 33.6 Å². The first-order chi connectivity index (χ1) is 9.50. The standard InChI is InChI=1S/C10H15N5O3S2/c1-7-5-8(13-18-7)6-19-4-3-12-10-9(11-2)14-20(16,17)15-10/h5H,3-4,6H2,1-2H3,(H,11,14)(H,12,15). The third-order valence-electron chi connectivity index (χ3n) is 2.34. The molecule has 110 valence electrons. The zero-order valence-corrected chi connectivity index (χ0v) is 12.7. The van der Waals surface area contributed by atoms with Gasteiger partial charge in [-0.25, -0.2) is 9.44 Å². The lowest BCUT2D eigenvalue weighted by Gasteiger charge is -1.97. The second-order valence-electron chi connectivity index (χ2n) is 3.99. The van der Waals surface area contributed by atoms with Gasteiger partial charge in [0.05, 0.1) is 12.2 Å². The SMILES string of the molecule is CN=C1NS(=O)(=O)NC1=NCCSCc1cc(C)on1. The molecule has 1 saturated heterocycles. The van der Waals surface area contributed by atoms with Crippen LogP contribution in [0.4, 0.5) is 0 Å². The Labute approximate surface area is 121 Å². The third kappa shape index (κ3) is 3.97. The lowest BCUT2D eigenvalue weighted by molar-refractivity contribution is 0.393. The van der Waals surface area contributed by atoms with Crippen LogP contribution < -0.4 is 9.44 Å². The summed E-state index contributed by atoms with van der Waals surface area (Å²) in [6.45, 7) is 2.33. The smallest absolute Gasteiger partial charge is 0.324 e. The van der Waals surface area contributed by atoms with Crippen LogP contribution in [-0.2, 0) is 16.0 Å². The molecule has 1 aliphatic rings. The van der Waals surface area contributed by atoms with Crippen LogP contribution in [0.3, 0.4) is 0 Å². The molecule has 0 amide bonds. The summed E-state index contributed by atoms with van der Waals surface area (Å²) in [6.07, 6.45) is 0. The number of amidine groups is 2. The van der Waals surface area contributed by atoms with E-state index < -0.39 is 10.2 Å². The fourth-order valence-electron chi connectivity index (χ4n) is 1.52. The molecule has 20 heavy (non-hydrogen) atoms. The summed E-state index contributed by atoms with van der Waals surface area (Å²) < 4.78 is 32.1. The van der Waals surface area contributed by atoms with E-state index in [4.69, 9.17) is 4.52 Å². The molecule has 1 fully saturated rings. The summed E-state index contributed by atoms with van der Waals surface area (Å²) in [5.41, 5.74) is 0.888. The normalized spacial score (nSPS) is 21.1. The van der Waals surface area contributed by atoms with Gasteiger partial charge in [0.15, 0.2) is 11.7 Å². The highest BCUT2D eigenvalue weighted by Gasteiger charge is 2.27. The summed E-state index contributed by atoms with van der Waals surface area (Å²) in [5, 5.41) is 3.88. The molecule has 2 N–H and O–H groups in total. The average Bonchev–Trinajstić information content (AvgIpc) is 2.92. The van der Waals surface area contributed by atoms with Crippen molar-refractivity contribution in [3.8, 4) is 0 Å². The van der Waals surface area contributed by atoms with E-state index in [1.165, 1.54) is 7.05 Å². The van der Waals surface area contributed by atoms with Crippen molar-refractivity contribution in [2.45, 2.75) is 12.7 Å². The topological polar surface area (TPSA) is 109 Å². The van der Waals surface area contributed by atoms with Gasteiger partial charge in [-0.15, -0.1) is 0 Å². The van der Waals surface area contributed by atoms with Gasteiger partial charge < -0.3 is 4.52 Å². The van der Waals surface area contributed by atoms with Crippen LogP contribution in [0.5, 0.6) is 0 Å². The predicted molar refractivity (Wildman–Crippen MR) is 78.3 cm³/mol. The van der Waals surface area contributed by atoms with Crippen molar-refractivity contribution in [1.82, 2.24) is 14.6 Å². The summed E-state index contributed by atoms with van der Waals surface area (Å²) in [7, 11) is -2.03. The number of thioether (sulfide) groups is 1. The van der Waals surface area contributed by atoms with Crippen LogP contribution in [0.15, 0.2) is 20.6 Å². The minimum absolute atomic E-state index is 0.238. The largest absolute Gasteiger partial charge is 0.361 e. The summed E-state index contributed by atoms with van der Waals surface area (Å²) >= 11 is 1.64. The molecule has 8 nitrogen and oxygen atoms in total. The molecule has 0 atom stereocenters. The highest BCUT2D eigenvalue weighted by molar-refractivity contribution is 7.98. The van der Waals surface area contributed by atoms with Gasteiger partial charge in [-0.05, 0) is 6.92 Å². The van der Waals surface area contributed by atoms with E-state index in [-0.39, 0.29) is 11.7 Å². The lowest BCUT2D eigenvalue weighted by Crippen LogP contribution is -2.24. The van der Waals surface area contributed by atoms with Gasteiger partial charge >= 0.3 is 10.2 Å². The number of aryl methyl sites for hydroxylation is 1. The van der Waals surface area contributed by atoms with E-state index in [1.807, 2.05) is 13.0 Å². The number of hydrogen-bond donors (Lipinski definition) is 2. The van der Waals surface area contributed by atoms with E-state index in [0.29, 0.717) is 6.54 Å². The molecule has 0 bridgehead atoms. The first-order valence-corrected chi connectivity index (χ1v) is 8.46. The van der Waals surface area contributed by atoms with Gasteiger partial charge in [-0.1, -0.05) is 5.16 Å². The van der Waals surface area contributed by atoms with Crippen LogP contribution in [0, 0.1) is 6.92 Å². The molecular formula is C10H15N5O3S2. The molecule has 2 rings (SSSR count). The van der Waals surface area contributed by atoms with Crippen molar-refractivity contribution in [3.05, 3.63) is 17.5 Å². The van der Waals surface area contributed by atoms with Gasteiger partial charge in [0, 0.05) is 24.6 Å². The third-order valence-corrected chi connectivity index (χ3v) is 4.24. The van der Waals surface area contributed by atoms with E-state index in [2.05, 4.69) is 24.6 Å². The van der Waals surface area contributed by atoms with Gasteiger partial charge in [0.2, 0.25) is 0 Å². The lowest BCUT2D eigenvalue weighted by atomic mass is 10.4. The van der Waals surface area contributed by atoms with E-state index in [9.17, 15) is 8.42 Å². The predicted octanol–water partition coefficient (Wildman–Crippen LogP) is 0.0806. The second-order valence-corrected chi connectivity index (χ2v) is 6.51. The van der Waals surface area contributed by atoms with Crippen LogP contribution in [0.25, 0.3) is 0 Å². The fraction of sp³-hybridized carbons (Fsp3) is 0.500. The van der Waals surface area contributed by atoms with E-state index in [1.54, 1.807) is 11.8 Å². The van der Waals surface area contributed by atoms with Gasteiger partial charge in [0.1, 0.15) is 5.76 Å². The Morgan fingerprint density at radius 2 is 2.15 bits per heavy atom. The Bertz CT molecular complexity index is 635. The molecule has 0 radical (unpaired) electrons. The molecule has 1 aliphatic heterocycles. The zero-order chi connectivity index (χ0) is 14.6. The maximum Gasteiger partial charge on any atom is 0.324 e. The Morgan fingerprint density at radius 3 is 2.80 bits per heavy atom. The van der Waals surface area contributed by atoms with Crippen molar-refractivity contribution in [1.29, 1.82) is 0 Å². The maximum absolute atomic E-state index is 11.3. The summed E-state index contributed by atoms with van der Waals surface area (Å²) in [4.78, 5) is 7.99. The van der Waals surface area contributed by atoms with Gasteiger partial charge in [0.25, 0.3) is 0 Å². The average molecular weight is 317 g/mol. The quantitative estimate of drug-likeness (QED) is 0.748. The number of aliphatic imine (C=N–C) groups is 2. The molecule has 2 heterocycles. The minimum Gasteiger partial charge on any atom is -0.361 e. The molecule has 0 unspecified atom stereocenters. The minimum atomic E-state index is -3.53. The molecule has 0 spiro atoms. The monoisotopic (exact) mass is 317 g/mol. The molecule has 0 saturated carbocycles. The van der Waals surface area contributed by atoms with Crippen LogP contribution in [-0.4, -0.2) is 44.6 Å². The van der Waals surface area contributed by atoms with Crippen molar-refractivity contribution in [2.75, 3.05) is 19.3 Å². The van der Waals surface area contributed by atoms with Gasteiger partial charge in [-0.2, -0.15) is 20.2 Å². The number of nitrogens with zero attached hydrogens (tertiary/aromatic N) is 3. The number of nitrogens with one attached hydrogen (secondary N) is 2. The highest BCUT2D eigenvalue weighted by Crippen LogP contribution is 2.11. The maximum atomic E-state index is 11.3. The fourth-order valence-corrected chi connectivity index (χ4v) is 3.14. The van der Waals surface area contributed by atoms with Crippen molar-refractivity contribution in [3.63, 3.8) is 0 Å². The second kappa shape index (κ2) is 6.27.